The predicted molar refractivity (Wildman–Crippen MR) is 82.5 cm³/mol. The molecule has 0 N–H and O–H groups in total. The second-order valence-corrected chi connectivity index (χ2v) is 5.89. The first-order chi connectivity index (χ1) is 10.5. The lowest BCUT2D eigenvalue weighted by Gasteiger charge is -2.18. The summed E-state index contributed by atoms with van der Waals surface area (Å²) in [6.07, 6.45) is 0. The van der Waals surface area contributed by atoms with Crippen LogP contribution in [0.1, 0.15) is 15.9 Å². The SMILES string of the molecule is CN(Cc1ccc2c(c1)OCO2)C(=O)c1ccc(Br)cc1F. The van der Waals surface area contributed by atoms with Gasteiger partial charge in [0.05, 0.1) is 5.56 Å². The van der Waals surface area contributed by atoms with Gasteiger partial charge in [0, 0.05) is 18.1 Å². The third kappa shape index (κ3) is 2.92. The molecule has 0 bridgehead atoms. The highest BCUT2D eigenvalue weighted by Crippen LogP contribution is 2.32. The molecule has 2 aromatic carbocycles. The number of carbonyl (C=O) groups excluding carboxylic acids is 1. The summed E-state index contributed by atoms with van der Waals surface area (Å²) >= 11 is 3.17. The van der Waals surface area contributed by atoms with E-state index >= 15 is 0 Å². The first kappa shape index (κ1) is 14.8. The van der Waals surface area contributed by atoms with Crippen LogP contribution in [0.5, 0.6) is 11.5 Å². The third-order valence-corrected chi connectivity index (χ3v) is 3.86. The molecule has 1 amide bonds. The molecule has 0 fully saturated rings. The first-order valence-electron chi connectivity index (χ1n) is 6.63. The van der Waals surface area contributed by atoms with Gasteiger partial charge in [0.1, 0.15) is 5.82 Å². The van der Waals surface area contributed by atoms with Crippen molar-refractivity contribution in [2.75, 3.05) is 13.8 Å². The second-order valence-electron chi connectivity index (χ2n) is 4.97. The summed E-state index contributed by atoms with van der Waals surface area (Å²) in [5, 5.41) is 0. The van der Waals surface area contributed by atoms with E-state index in [4.69, 9.17) is 9.47 Å². The molecule has 0 saturated heterocycles. The average molecular weight is 366 g/mol. The van der Waals surface area contributed by atoms with Gasteiger partial charge in [0.25, 0.3) is 5.91 Å². The fourth-order valence-electron chi connectivity index (χ4n) is 2.25. The first-order valence-corrected chi connectivity index (χ1v) is 7.43. The summed E-state index contributed by atoms with van der Waals surface area (Å²) in [6.45, 7) is 0.558. The number of rotatable bonds is 3. The molecule has 0 radical (unpaired) electrons. The molecule has 114 valence electrons. The van der Waals surface area contributed by atoms with Crippen LogP contribution in [0.25, 0.3) is 0 Å². The van der Waals surface area contributed by atoms with Crippen molar-refractivity contribution in [1.82, 2.24) is 4.90 Å². The van der Waals surface area contributed by atoms with Gasteiger partial charge in [-0.2, -0.15) is 0 Å². The van der Waals surface area contributed by atoms with Crippen LogP contribution in [0.15, 0.2) is 40.9 Å². The molecule has 3 rings (SSSR count). The van der Waals surface area contributed by atoms with Crippen LogP contribution in [0.2, 0.25) is 0 Å². The van der Waals surface area contributed by atoms with Crippen molar-refractivity contribution in [1.29, 1.82) is 0 Å². The van der Waals surface area contributed by atoms with E-state index < -0.39 is 5.82 Å². The number of hydrogen-bond acceptors (Lipinski definition) is 3. The van der Waals surface area contributed by atoms with Crippen LogP contribution in [-0.2, 0) is 6.54 Å². The van der Waals surface area contributed by atoms with Crippen LogP contribution in [0.3, 0.4) is 0 Å². The van der Waals surface area contributed by atoms with Crippen LogP contribution in [-0.4, -0.2) is 24.6 Å². The lowest BCUT2D eigenvalue weighted by Crippen LogP contribution is -2.27. The molecule has 2 aromatic rings. The van der Waals surface area contributed by atoms with Crippen molar-refractivity contribution >= 4 is 21.8 Å². The van der Waals surface area contributed by atoms with Crippen molar-refractivity contribution < 1.29 is 18.7 Å². The summed E-state index contributed by atoms with van der Waals surface area (Å²) in [4.78, 5) is 13.8. The number of hydrogen-bond donors (Lipinski definition) is 0. The van der Waals surface area contributed by atoms with Crippen molar-refractivity contribution in [2.24, 2.45) is 0 Å². The van der Waals surface area contributed by atoms with Crippen molar-refractivity contribution in [3.05, 3.63) is 57.8 Å². The zero-order valence-corrected chi connectivity index (χ0v) is 13.4. The minimum atomic E-state index is -0.545. The van der Waals surface area contributed by atoms with E-state index in [-0.39, 0.29) is 18.3 Å². The largest absolute Gasteiger partial charge is 0.454 e. The van der Waals surface area contributed by atoms with E-state index in [0.717, 1.165) is 5.56 Å². The highest BCUT2D eigenvalue weighted by molar-refractivity contribution is 9.10. The summed E-state index contributed by atoms with van der Waals surface area (Å²) in [6, 6.07) is 9.87. The maximum Gasteiger partial charge on any atom is 0.256 e. The number of halogens is 2. The molecule has 0 aromatic heterocycles. The number of benzene rings is 2. The van der Waals surface area contributed by atoms with Crippen molar-refractivity contribution in [3.63, 3.8) is 0 Å². The summed E-state index contributed by atoms with van der Waals surface area (Å²) in [5.74, 6) is 0.435. The van der Waals surface area contributed by atoms with E-state index in [0.29, 0.717) is 22.5 Å². The van der Waals surface area contributed by atoms with E-state index in [1.807, 2.05) is 12.1 Å². The molecule has 0 spiro atoms. The van der Waals surface area contributed by atoms with Gasteiger partial charge in [-0.05, 0) is 35.9 Å². The molecule has 6 heteroatoms. The summed E-state index contributed by atoms with van der Waals surface area (Å²) in [5.41, 5.74) is 0.934. The third-order valence-electron chi connectivity index (χ3n) is 3.36. The van der Waals surface area contributed by atoms with Crippen LogP contribution in [0, 0.1) is 5.82 Å². The number of fused-ring (bicyclic) bond motifs is 1. The van der Waals surface area contributed by atoms with Gasteiger partial charge >= 0.3 is 0 Å². The van der Waals surface area contributed by atoms with Crippen LogP contribution >= 0.6 is 15.9 Å². The van der Waals surface area contributed by atoms with Gasteiger partial charge in [0.15, 0.2) is 11.5 Å². The monoisotopic (exact) mass is 365 g/mol. The minimum absolute atomic E-state index is 0.0476. The van der Waals surface area contributed by atoms with Crippen LogP contribution in [0.4, 0.5) is 4.39 Å². The Bertz CT molecular complexity index is 735. The van der Waals surface area contributed by atoms with E-state index in [2.05, 4.69) is 15.9 Å². The smallest absolute Gasteiger partial charge is 0.256 e. The average Bonchev–Trinajstić information content (AvgIpc) is 2.94. The maximum absolute atomic E-state index is 13.9. The molecule has 0 saturated carbocycles. The minimum Gasteiger partial charge on any atom is -0.454 e. The summed E-state index contributed by atoms with van der Waals surface area (Å²) in [7, 11) is 1.63. The Morgan fingerprint density at radius 3 is 2.77 bits per heavy atom. The van der Waals surface area contributed by atoms with Gasteiger partial charge in [0.2, 0.25) is 6.79 Å². The topological polar surface area (TPSA) is 38.8 Å². The van der Waals surface area contributed by atoms with Gasteiger partial charge in [-0.3, -0.25) is 4.79 Å². The molecule has 4 nitrogen and oxygen atoms in total. The lowest BCUT2D eigenvalue weighted by atomic mass is 10.1. The van der Waals surface area contributed by atoms with Gasteiger partial charge in [-0.15, -0.1) is 0 Å². The van der Waals surface area contributed by atoms with Crippen molar-refractivity contribution in [3.8, 4) is 11.5 Å². The van der Waals surface area contributed by atoms with E-state index in [9.17, 15) is 9.18 Å². The molecule has 1 heterocycles. The quantitative estimate of drug-likeness (QED) is 0.834. The standard InChI is InChI=1S/C16H13BrFNO3/c1-19(16(20)12-4-3-11(17)7-13(12)18)8-10-2-5-14-15(6-10)22-9-21-14/h2-7H,8-9H2,1H3. The Labute approximate surface area is 135 Å². The zero-order chi connectivity index (χ0) is 15.7. The summed E-state index contributed by atoms with van der Waals surface area (Å²) < 4.78 is 25.0. The van der Waals surface area contributed by atoms with Crippen LogP contribution < -0.4 is 9.47 Å². The highest BCUT2D eigenvalue weighted by Gasteiger charge is 2.18. The number of amides is 1. The molecule has 22 heavy (non-hydrogen) atoms. The Morgan fingerprint density at radius 1 is 1.23 bits per heavy atom. The maximum atomic E-state index is 13.9. The lowest BCUT2D eigenvalue weighted by molar-refractivity contribution is 0.0780. The molecule has 1 aliphatic heterocycles. The molecule has 1 aliphatic rings. The molecular weight excluding hydrogens is 353 g/mol. The molecule has 0 aliphatic carbocycles. The number of ether oxygens (including phenoxy) is 2. The van der Waals surface area contributed by atoms with Gasteiger partial charge in [-0.1, -0.05) is 22.0 Å². The second kappa shape index (κ2) is 5.96. The van der Waals surface area contributed by atoms with Crippen molar-refractivity contribution in [2.45, 2.75) is 6.54 Å². The molecule has 0 unspecified atom stereocenters. The van der Waals surface area contributed by atoms with E-state index in [1.165, 1.54) is 17.0 Å². The predicted octanol–water partition coefficient (Wildman–Crippen LogP) is 3.59. The van der Waals surface area contributed by atoms with Gasteiger partial charge in [-0.25, -0.2) is 4.39 Å². The van der Waals surface area contributed by atoms with E-state index in [1.54, 1.807) is 19.2 Å². The highest BCUT2D eigenvalue weighted by atomic mass is 79.9. The number of nitrogens with zero attached hydrogens (tertiary/aromatic N) is 1. The Hall–Kier alpha value is -2.08. The zero-order valence-electron chi connectivity index (χ0n) is 11.8. The Balaban J connectivity index is 1.76. The fourth-order valence-corrected chi connectivity index (χ4v) is 2.59. The fraction of sp³-hybridized carbons (Fsp3) is 0.188. The Kier molecular flexibility index (Phi) is 4.02. The molecule has 0 atom stereocenters. The Morgan fingerprint density at radius 2 is 2.00 bits per heavy atom. The van der Waals surface area contributed by atoms with Gasteiger partial charge < -0.3 is 14.4 Å². The molecular formula is C16H13BrFNO3. The number of carbonyl (C=O) groups is 1. The normalized spacial score (nSPS) is 12.3.